The number of hydrogen-bond acceptors (Lipinski definition) is 2. The molecule has 0 aliphatic heterocycles. The van der Waals surface area contributed by atoms with E-state index in [0.717, 1.165) is 27.7 Å². The van der Waals surface area contributed by atoms with Gasteiger partial charge in [-0.2, -0.15) is 0 Å². The smallest absolute Gasteiger partial charge is 0.0705 e. The van der Waals surface area contributed by atoms with Crippen molar-refractivity contribution in [2.75, 3.05) is 7.05 Å². The third-order valence-electron chi connectivity index (χ3n) is 2.87. The van der Waals surface area contributed by atoms with E-state index in [1.165, 1.54) is 0 Å². The van der Waals surface area contributed by atoms with Crippen molar-refractivity contribution in [2.24, 2.45) is 0 Å². The zero-order valence-electron chi connectivity index (χ0n) is 11.4. The minimum absolute atomic E-state index is 1.03. The Bertz CT molecular complexity index is 651. The summed E-state index contributed by atoms with van der Waals surface area (Å²) in [5.41, 5.74) is 4.34. The van der Waals surface area contributed by atoms with Crippen LogP contribution in [0, 0.1) is 6.92 Å². The Morgan fingerprint density at radius 3 is 2.84 bits per heavy atom. The third kappa shape index (κ3) is 3.10. The second-order valence-corrected chi connectivity index (χ2v) is 4.34. The van der Waals surface area contributed by atoms with Crippen LogP contribution in [0.5, 0.6) is 0 Å². The van der Waals surface area contributed by atoms with Crippen molar-refractivity contribution in [2.45, 2.75) is 6.92 Å². The molecule has 1 N–H and O–H groups in total. The molecular weight excluding hydrogens is 232 g/mol. The fourth-order valence-electron chi connectivity index (χ4n) is 1.96. The lowest BCUT2D eigenvalue weighted by Gasteiger charge is -2.05. The van der Waals surface area contributed by atoms with Crippen molar-refractivity contribution in [3.63, 3.8) is 0 Å². The van der Waals surface area contributed by atoms with E-state index in [2.05, 4.69) is 41.1 Å². The lowest BCUT2D eigenvalue weighted by molar-refractivity contribution is 1.11. The van der Waals surface area contributed by atoms with Crippen molar-refractivity contribution in [3.8, 4) is 0 Å². The van der Waals surface area contributed by atoms with E-state index >= 15 is 0 Å². The predicted octanol–water partition coefficient (Wildman–Crippen LogP) is 3.85. The molecule has 1 aromatic carbocycles. The van der Waals surface area contributed by atoms with Gasteiger partial charge >= 0.3 is 0 Å². The number of nitrogens with zero attached hydrogens (tertiary/aromatic N) is 1. The van der Waals surface area contributed by atoms with Gasteiger partial charge in [0.05, 0.1) is 5.52 Å². The predicted molar refractivity (Wildman–Crippen MR) is 82.9 cm³/mol. The molecular formula is C17H18N2. The second-order valence-electron chi connectivity index (χ2n) is 4.34. The zero-order valence-corrected chi connectivity index (χ0v) is 11.4. The number of pyridine rings is 1. The highest BCUT2D eigenvalue weighted by atomic mass is 14.8. The number of hydrogen-bond donors (Lipinski definition) is 1. The summed E-state index contributed by atoms with van der Waals surface area (Å²) in [6.07, 6.45) is 7.71. The highest BCUT2D eigenvalue weighted by molar-refractivity contribution is 5.85. The SMILES string of the molecule is C=C/C=C\C(=C/NC)c1ccc2nc(C)ccc2c1. The van der Waals surface area contributed by atoms with Crippen LogP contribution in [-0.2, 0) is 0 Å². The highest BCUT2D eigenvalue weighted by Crippen LogP contribution is 2.21. The molecule has 0 aliphatic carbocycles. The topological polar surface area (TPSA) is 24.9 Å². The van der Waals surface area contributed by atoms with E-state index < -0.39 is 0 Å². The van der Waals surface area contributed by atoms with Gasteiger partial charge in [0, 0.05) is 24.3 Å². The van der Waals surface area contributed by atoms with Gasteiger partial charge in [0.2, 0.25) is 0 Å². The number of allylic oxidation sites excluding steroid dienone is 4. The molecule has 96 valence electrons. The van der Waals surface area contributed by atoms with Crippen LogP contribution in [0.1, 0.15) is 11.3 Å². The molecule has 0 aliphatic rings. The monoisotopic (exact) mass is 250 g/mol. The molecule has 0 fully saturated rings. The summed E-state index contributed by atoms with van der Waals surface area (Å²) in [5.74, 6) is 0. The summed E-state index contributed by atoms with van der Waals surface area (Å²) in [6.45, 7) is 5.71. The van der Waals surface area contributed by atoms with E-state index in [0.29, 0.717) is 0 Å². The first-order valence-corrected chi connectivity index (χ1v) is 6.29. The van der Waals surface area contributed by atoms with Crippen LogP contribution in [0.3, 0.4) is 0 Å². The number of rotatable bonds is 4. The summed E-state index contributed by atoms with van der Waals surface area (Å²) in [4.78, 5) is 4.51. The van der Waals surface area contributed by atoms with Crippen LogP contribution in [0.2, 0.25) is 0 Å². The number of benzene rings is 1. The summed E-state index contributed by atoms with van der Waals surface area (Å²) in [5, 5.41) is 4.22. The van der Waals surface area contributed by atoms with Gasteiger partial charge in [0.25, 0.3) is 0 Å². The first-order chi connectivity index (χ1) is 9.24. The molecule has 0 saturated heterocycles. The Labute approximate surface area is 114 Å². The van der Waals surface area contributed by atoms with Gasteiger partial charge in [-0.05, 0) is 36.3 Å². The fourth-order valence-corrected chi connectivity index (χ4v) is 1.96. The van der Waals surface area contributed by atoms with E-state index in [1.54, 1.807) is 6.08 Å². The molecule has 2 heteroatoms. The molecule has 0 bridgehead atoms. The van der Waals surface area contributed by atoms with E-state index in [1.807, 2.05) is 38.4 Å². The van der Waals surface area contributed by atoms with Crippen LogP contribution >= 0.6 is 0 Å². The molecule has 2 nitrogen and oxygen atoms in total. The van der Waals surface area contributed by atoms with Crippen LogP contribution in [0.25, 0.3) is 16.5 Å². The van der Waals surface area contributed by atoms with E-state index in [-0.39, 0.29) is 0 Å². The second kappa shape index (κ2) is 6.01. The number of aryl methyl sites for hydroxylation is 1. The average Bonchev–Trinajstić information content (AvgIpc) is 2.43. The standard InChI is InChI=1S/C17H18N2/c1-4-5-6-16(12-18-3)14-9-10-17-15(11-14)8-7-13(2)19-17/h4-12,18H,1H2,2-3H3/b6-5-,16-12+. The average molecular weight is 250 g/mol. The van der Waals surface area contributed by atoms with Crippen molar-refractivity contribution < 1.29 is 0 Å². The molecule has 0 radical (unpaired) electrons. The van der Waals surface area contributed by atoms with Gasteiger partial charge in [-0.25, -0.2) is 0 Å². The van der Waals surface area contributed by atoms with Gasteiger partial charge in [-0.1, -0.05) is 36.9 Å². The Kier molecular flexibility index (Phi) is 4.14. The van der Waals surface area contributed by atoms with Crippen molar-refractivity contribution in [3.05, 3.63) is 72.6 Å². The lowest BCUT2D eigenvalue weighted by Crippen LogP contribution is -1.95. The summed E-state index contributed by atoms with van der Waals surface area (Å²) < 4.78 is 0. The summed E-state index contributed by atoms with van der Waals surface area (Å²) >= 11 is 0. The van der Waals surface area contributed by atoms with Crippen LogP contribution in [-0.4, -0.2) is 12.0 Å². The fraction of sp³-hybridized carbons (Fsp3) is 0.118. The van der Waals surface area contributed by atoms with Crippen molar-refractivity contribution in [1.82, 2.24) is 10.3 Å². The summed E-state index contributed by atoms with van der Waals surface area (Å²) in [7, 11) is 1.90. The number of nitrogens with one attached hydrogen (secondary N) is 1. The van der Waals surface area contributed by atoms with Gasteiger partial charge in [0.15, 0.2) is 0 Å². The van der Waals surface area contributed by atoms with Crippen LogP contribution < -0.4 is 5.32 Å². The van der Waals surface area contributed by atoms with Gasteiger partial charge in [-0.3, -0.25) is 4.98 Å². The van der Waals surface area contributed by atoms with Gasteiger partial charge in [0.1, 0.15) is 0 Å². The molecule has 0 spiro atoms. The molecule has 2 aromatic rings. The molecule has 1 aromatic heterocycles. The molecule has 0 saturated carbocycles. The minimum atomic E-state index is 1.03. The first kappa shape index (κ1) is 13.1. The molecule has 2 rings (SSSR count). The largest absolute Gasteiger partial charge is 0.393 e. The van der Waals surface area contributed by atoms with Gasteiger partial charge < -0.3 is 5.32 Å². The Morgan fingerprint density at radius 2 is 2.11 bits per heavy atom. The highest BCUT2D eigenvalue weighted by Gasteiger charge is 2.01. The normalized spacial score (nSPS) is 12.0. The molecule has 19 heavy (non-hydrogen) atoms. The Hall–Kier alpha value is -2.35. The molecule has 0 unspecified atom stereocenters. The third-order valence-corrected chi connectivity index (χ3v) is 2.87. The van der Waals surface area contributed by atoms with E-state index in [4.69, 9.17) is 0 Å². The molecule has 0 amide bonds. The minimum Gasteiger partial charge on any atom is -0.393 e. The first-order valence-electron chi connectivity index (χ1n) is 6.29. The number of fused-ring (bicyclic) bond motifs is 1. The zero-order chi connectivity index (χ0) is 13.7. The molecule has 1 heterocycles. The quantitative estimate of drug-likeness (QED) is 0.834. The maximum Gasteiger partial charge on any atom is 0.0705 e. The lowest BCUT2D eigenvalue weighted by atomic mass is 10.0. The number of aromatic nitrogens is 1. The van der Waals surface area contributed by atoms with Crippen molar-refractivity contribution in [1.29, 1.82) is 0 Å². The van der Waals surface area contributed by atoms with Crippen LogP contribution in [0.15, 0.2) is 61.3 Å². The van der Waals surface area contributed by atoms with Crippen molar-refractivity contribution >= 4 is 16.5 Å². The van der Waals surface area contributed by atoms with Crippen LogP contribution in [0.4, 0.5) is 0 Å². The molecule has 0 atom stereocenters. The Morgan fingerprint density at radius 1 is 1.26 bits per heavy atom. The maximum atomic E-state index is 4.51. The summed E-state index contributed by atoms with van der Waals surface area (Å²) in [6, 6.07) is 10.4. The maximum absolute atomic E-state index is 4.51. The van der Waals surface area contributed by atoms with Gasteiger partial charge in [-0.15, -0.1) is 0 Å². The van der Waals surface area contributed by atoms with E-state index in [9.17, 15) is 0 Å². The Balaban J connectivity index is 2.49.